The zero-order valence-corrected chi connectivity index (χ0v) is 18.0. The Hall–Kier alpha value is -2.82. The molecule has 0 spiro atoms. The second-order valence-corrected chi connectivity index (χ2v) is 8.49. The van der Waals surface area contributed by atoms with E-state index in [9.17, 15) is 9.59 Å². The average molecular weight is 394 g/mol. The van der Waals surface area contributed by atoms with Crippen molar-refractivity contribution in [1.82, 2.24) is 4.90 Å². The number of amides is 2. The molecule has 0 fully saturated rings. The van der Waals surface area contributed by atoms with E-state index in [-0.39, 0.29) is 17.7 Å². The summed E-state index contributed by atoms with van der Waals surface area (Å²) in [5.41, 5.74) is 5.23. The highest BCUT2D eigenvalue weighted by Gasteiger charge is 2.34. The Morgan fingerprint density at radius 1 is 1.14 bits per heavy atom. The van der Waals surface area contributed by atoms with Crippen LogP contribution in [0.15, 0.2) is 42.5 Å². The van der Waals surface area contributed by atoms with Crippen molar-refractivity contribution in [2.75, 3.05) is 24.3 Å². The number of hydrogen-bond donors (Lipinski definition) is 1. The van der Waals surface area contributed by atoms with E-state index in [0.717, 1.165) is 28.1 Å². The number of anilines is 2. The molecule has 1 aliphatic rings. The molecule has 1 N–H and O–H groups in total. The first-order valence-corrected chi connectivity index (χ1v) is 10.2. The molecule has 1 heterocycles. The molecule has 2 aromatic carbocycles. The number of rotatable bonds is 5. The van der Waals surface area contributed by atoms with Crippen LogP contribution in [0.5, 0.6) is 0 Å². The van der Waals surface area contributed by atoms with Crippen LogP contribution < -0.4 is 10.2 Å². The van der Waals surface area contributed by atoms with E-state index >= 15 is 0 Å². The summed E-state index contributed by atoms with van der Waals surface area (Å²) in [4.78, 5) is 29.9. The summed E-state index contributed by atoms with van der Waals surface area (Å²) >= 11 is 0. The maximum absolute atomic E-state index is 13.2. The Kier molecular flexibility index (Phi) is 6.26. The molecule has 0 aromatic heterocycles. The molecule has 154 valence electrons. The van der Waals surface area contributed by atoms with Crippen LogP contribution >= 0.6 is 0 Å². The van der Waals surface area contributed by atoms with Gasteiger partial charge in [0.1, 0.15) is 6.04 Å². The molecule has 3 rings (SSSR count). The predicted molar refractivity (Wildman–Crippen MR) is 118 cm³/mol. The van der Waals surface area contributed by atoms with Crippen LogP contribution in [0, 0.1) is 12.8 Å². The summed E-state index contributed by atoms with van der Waals surface area (Å²) in [7, 11) is 4.00. The molecule has 0 radical (unpaired) electrons. The summed E-state index contributed by atoms with van der Waals surface area (Å²) in [6.07, 6.45) is 0.989. The molecule has 5 nitrogen and oxygen atoms in total. The van der Waals surface area contributed by atoms with Gasteiger partial charge in [0.15, 0.2) is 0 Å². The lowest BCUT2D eigenvalue weighted by molar-refractivity contribution is -0.140. The topological polar surface area (TPSA) is 52.7 Å². The minimum atomic E-state index is -0.495. The number of nitrogens with one attached hydrogen (secondary N) is 1. The van der Waals surface area contributed by atoms with Gasteiger partial charge in [0, 0.05) is 44.9 Å². The summed E-state index contributed by atoms with van der Waals surface area (Å²) in [5.74, 6) is 0.159. The van der Waals surface area contributed by atoms with Gasteiger partial charge in [-0.3, -0.25) is 9.59 Å². The fraction of sp³-hybridized carbons (Fsp3) is 0.417. The third kappa shape index (κ3) is 4.78. The largest absolute Gasteiger partial charge is 0.377 e. The Morgan fingerprint density at radius 3 is 2.45 bits per heavy atom. The van der Waals surface area contributed by atoms with Crippen molar-refractivity contribution in [1.29, 1.82) is 0 Å². The normalized spacial score (nSPS) is 15.8. The molecule has 1 aliphatic heterocycles. The van der Waals surface area contributed by atoms with E-state index in [1.54, 1.807) is 4.90 Å². The quantitative estimate of drug-likeness (QED) is 0.835. The summed E-state index contributed by atoms with van der Waals surface area (Å²) in [6, 6.07) is 13.5. The zero-order valence-electron chi connectivity index (χ0n) is 18.0. The van der Waals surface area contributed by atoms with Crippen molar-refractivity contribution in [2.45, 2.75) is 46.2 Å². The van der Waals surface area contributed by atoms with Gasteiger partial charge in [-0.1, -0.05) is 38.1 Å². The molecule has 0 saturated heterocycles. The van der Waals surface area contributed by atoms with Crippen LogP contribution in [-0.2, 0) is 22.6 Å². The van der Waals surface area contributed by atoms with Gasteiger partial charge in [0.25, 0.3) is 0 Å². The second kappa shape index (κ2) is 8.68. The Bertz CT molecular complexity index is 905. The number of carbonyl (C=O) groups is 2. The van der Waals surface area contributed by atoms with Gasteiger partial charge in [-0.15, -0.1) is 0 Å². The van der Waals surface area contributed by atoms with Gasteiger partial charge in [-0.2, -0.15) is 0 Å². The molecule has 2 amide bonds. The number of benzene rings is 2. The van der Waals surface area contributed by atoms with Crippen molar-refractivity contribution in [2.24, 2.45) is 5.92 Å². The molecule has 5 heteroatoms. The lowest BCUT2D eigenvalue weighted by Crippen LogP contribution is -2.50. The fourth-order valence-corrected chi connectivity index (χ4v) is 3.95. The molecular weight excluding hydrogens is 362 g/mol. The third-order valence-corrected chi connectivity index (χ3v) is 5.40. The molecule has 1 unspecified atom stereocenters. The first-order valence-electron chi connectivity index (χ1n) is 10.2. The maximum atomic E-state index is 13.2. The Morgan fingerprint density at radius 2 is 1.83 bits per heavy atom. The van der Waals surface area contributed by atoms with Crippen molar-refractivity contribution in [3.8, 4) is 0 Å². The molecule has 0 aliphatic carbocycles. The van der Waals surface area contributed by atoms with E-state index in [4.69, 9.17) is 0 Å². The van der Waals surface area contributed by atoms with Crippen molar-refractivity contribution in [3.63, 3.8) is 0 Å². The standard InChI is InChI=1S/C24H31N3O2/c1-16(2)12-23(28)27-15-19-9-7-6-8-18(19)14-22(27)24(29)25-20-10-11-21(26(4)5)17(3)13-20/h6-11,13,16,22H,12,14-15H2,1-5H3,(H,25,29). The van der Waals surface area contributed by atoms with E-state index in [1.807, 2.05) is 76.2 Å². The minimum Gasteiger partial charge on any atom is -0.377 e. The number of aryl methyl sites for hydroxylation is 1. The molecule has 29 heavy (non-hydrogen) atoms. The number of carbonyl (C=O) groups excluding carboxylic acids is 2. The van der Waals surface area contributed by atoms with Crippen LogP contribution in [0.4, 0.5) is 11.4 Å². The Balaban J connectivity index is 1.84. The van der Waals surface area contributed by atoms with Gasteiger partial charge in [0.05, 0.1) is 0 Å². The van der Waals surface area contributed by atoms with Crippen LogP contribution in [0.2, 0.25) is 0 Å². The van der Waals surface area contributed by atoms with E-state index < -0.39 is 6.04 Å². The van der Waals surface area contributed by atoms with Gasteiger partial charge in [0.2, 0.25) is 11.8 Å². The molecule has 2 aromatic rings. The third-order valence-electron chi connectivity index (χ3n) is 5.40. The summed E-state index contributed by atoms with van der Waals surface area (Å²) < 4.78 is 0. The molecule has 0 bridgehead atoms. The molecule has 0 saturated carbocycles. The fourth-order valence-electron chi connectivity index (χ4n) is 3.95. The smallest absolute Gasteiger partial charge is 0.247 e. The van der Waals surface area contributed by atoms with Gasteiger partial charge in [-0.25, -0.2) is 0 Å². The highest BCUT2D eigenvalue weighted by atomic mass is 16.2. The highest BCUT2D eigenvalue weighted by molar-refractivity contribution is 5.98. The van der Waals surface area contributed by atoms with Crippen LogP contribution in [0.25, 0.3) is 0 Å². The summed E-state index contributed by atoms with van der Waals surface area (Å²) in [5, 5.41) is 3.04. The first kappa shape index (κ1) is 20.9. The number of nitrogens with zero attached hydrogens (tertiary/aromatic N) is 2. The average Bonchev–Trinajstić information content (AvgIpc) is 2.66. The van der Waals surface area contributed by atoms with Crippen LogP contribution in [-0.4, -0.2) is 36.9 Å². The minimum absolute atomic E-state index is 0.0359. The Labute approximate surface area is 173 Å². The van der Waals surface area contributed by atoms with Gasteiger partial charge >= 0.3 is 0 Å². The highest BCUT2D eigenvalue weighted by Crippen LogP contribution is 2.27. The lowest BCUT2D eigenvalue weighted by atomic mass is 9.92. The lowest BCUT2D eigenvalue weighted by Gasteiger charge is -2.36. The monoisotopic (exact) mass is 393 g/mol. The van der Waals surface area contributed by atoms with E-state index in [0.29, 0.717) is 19.4 Å². The van der Waals surface area contributed by atoms with Crippen molar-refractivity contribution in [3.05, 3.63) is 59.2 Å². The van der Waals surface area contributed by atoms with E-state index in [2.05, 4.69) is 11.4 Å². The second-order valence-electron chi connectivity index (χ2n) is 8.49. The first-order chi connectivity index (χ1) is 13.8. The number of fused-ring (bicyclic) bond motifs is 1. The molecular formula is C24H31N3O2. The van der Waals surface area contributed by atoms with Crippen LogP contribution in [0.1, 0.15) is 37.0 Å². The van der Waals surface area contributed by atoms with Gasteiger partial charge in [-0.05, 0) is 47.7 Å². The molecule has 1 atom stereocenters. The number of hydrogen-bond acceptors (Lipinski definition) is 3. The predicted octanol–water partition coefficient (Wildman–Crippen LogP) is 4.00. The van der Waals surface area contributed by atoms with Gasteiger partial charge < -0.3 is 15.1 Å². The maximum Gasteiger partial charge on any atom is 0.247 e. The summed E-state index contributed by atoms with van der Waals surface area (Å²) in [6.45, 7) is 6.57. The zero-order chi connectivity index (χ0) is 21.1. The van der Waals surface area contributed by atoms with Crippen LogP contribution in [0.3, 0.4) is 0 Å². The van der Waals surface area contributed by atoms with E-state index in [1.165, 1.54) is 0 Å². The van der Waals surface area contributed by atoms with Crippen molar-refractivity contribution >= 4 is 23.2 Å². The van der Waals surface area contributed by atoms with Crippen molar-refractivity contribution < 1.29 is 9.59 Å². The SMILES string of the molecule is Cc1cc(NC(=O)C2Cc3ccccc3CN2C(=O)CC(C)C)ccc1N(C)C.